The number of aryl methyl sites for hydroxylation is 8. The lowest BCUT2D eigenvalue weighted by atomic mass is 9.91. The van der Waals surface area contributed by atoms with E-state index in [1.54, 1.807) is 0 Å². The Balaban J connectivity index is 0.000000158. The van der Waals surface area contributed by atoms with Crippen LogP contribution in [0.1, 0.15) is 117 Å². The molecule has 2 aliphatic rings. The van der Waals surface area contributed by atoms with Gasteiger partial charge in [-0.3, -0.25) is 0 Å². The largest absolute Gasteiger partial charge is 0.306 e. The smallest absolute Gasteiger partial charge is 0.174 e. The topological polar surface area (TPSA) is 97.1 Å². The standard InChI is InChI=1S/2C26H27N5/c2*1-18-6-10-22(11-7-18)23-5-4-14-31-26(23)28-25(29-31)13-9-21-8-12-24(19(2)15-21)30-16-20(3)27-17-30/h2*6-13,15-17,23H,4-5,14H2,1-3H3/b2*13-9+/t2*23-/m10/s1. The Kier molecular flexibility index (Phi) is 11.5. The van der Waals surface area contributed by atoms with Gasteiger partial charge in [-0.1, -0.05) is 83.9 Å². The molecule has 0 unspecified atom stereocenters. The highest BCUT2D eigenvalue weighted by molar-refractivity contribution is 5.69. The third-order valence-corrected chi connectivity index (χ3v) is 12.0. The predicted octanol–water partition coefficient (Wildman–Crippen LogP) is 11.0. The van der Waals surface area contributed by atoms with Crippen molar-refractivity contribution in [3.63, 3.8) is 0 Å². The molecule has 0 bridgehead atoms. The van der Waals surface area contributed by atoms with E-state index < -0.39 is 0 Å². The van der Waals surface area contributed by atoms with Crippen LogP contribution in [-0.2, 0) is 13.1 Å². The lowest BCUT2D eigenvalue weighted by molar-refractivity contribution is 0.445. The van der Waals surface area contributed by atoms with Crippen LogP contribution in [0.4, 0.5) is 0 Å². The van der Waals surface area contributed by atoms with Crippen molar-refractivity contribution in [1.82, 2.24) is 48.6 Å². The number of benzene rings is 4. The third-order valence-electron chi connectivity index (χ3n) is 12.0. The van der Waals surface area contributed by atoms with Crippen LogP contribution in [0.15, 0.2) is 110 Å². The van der Waals surface area contributed by atoms with Gasteiger partial charge in [0.25, 0.3) is 0 Å². The van der Waals surface area contributed by atoms with E-state index in [9.17, 15) is 0 Å². The Bertz CT molecular complexity index is 2680. The molecule has 2 atom stereocenters. The van der Waals surface area contributed by atoms with Crippen molar-refractivity contribution in [3.05, 3.63) is 189 Å². The first-order chi connectivity index (χ1) is 30.1. The second-order valence-corrected chi connectivity index (χ2v) is 16.9. The van der Waals surface area contributed by atoms with Gasteiger partial charge in [0.15, 0.2) is 11.6 Å². The van der Waals surface area contributed by atoms with Crippen molar-refractivity contribution in [2.45, 2.75) is 92.2 Å². The monoisotopic (exact) mass is 818 g/mol. The zero-order chi connectivity index (χ0) is 42.7. The number of hydrogen-bond donors (Lipinski definition) is 0. The molecule has 10 nitrogen and oxygen atoms in total. The first-order valence-corrected chi connectivity index (χ1v) is 21.8. The molecule has 0 N–H and O–H groups in total. The van der Waals surface area contributed by atoms with Gasteiger partial charge < -0.3 is 9.13 Å². The third kappa shape index (κ3) is 8.91. The number of nitrogens with zero attached hydrogens (tertiary/aromatic N) is 10. The average Bonchev–Trinajstić information content (AvgIpc) is 4.10. The molecule has 0 saturated heterocycles. The molecule has 0 aliphatic carbocycles. The van der Waals surface area contributed by atoms with Gasteiger partial charge in [-0.2, -0.15) is 10.2 Å². The predicted molar refractivity (Wildman–Crippen MR) is 248 cm³/mol. The van der Waals surface area contributed by atoms with Crippen LogP contribution in [0.3, 0.4) is 0 Å². The van der Waals surface area contributed by atoms with Crippen molar-refractivity contribution in [1.29, 1.82) is 0 Å². The Labute approximate surface area is 364 Å². The minimum absolute atomic E-state index is 0.323. The zero-order valence-corrected chi connectivity index (χ0v) is 36.6. The maximum Gasteiger partial charge on any atom is 0.174 e. The van der Waals surface area contributed by atoms with Crippen LogP contribution >= 0.6 is 0 Å². The van der Waals surface area contributed by atoms with Crippen LogP contribution in [-0.4, -0.2) is 48.6 Å². The Hall–Kier alpha value is -6.94. The summed E-state index contributed by atoms with van der Waals surface area (Å²) >= 11 is 0. The SMILES string of the molecule is Cc1ccc([C@@H]2CCCn3nc(/C=C/c4ccc(-n5cnc(C)c5)c(C)c4)nc32)cc1.Cc1ccc([C@H]2CCCn3nc(/C=C/c4ccc(-n5cnc(C)c5)c(C)c4)nc32)cc1. The van der Waals surface area contributed by atoms with Gasteiger partial charge in [0.1, 0.15) is 11.6 Å². The number of aromatic nitrogens is 10. The van der Waals surface area contributed by atoms with Crippen molar-refractivity contribution < 1.29 is 0 Å². The first kappa shape index (κ1) is 40.5. The molecule has 2 aliphatic heterocycles. The second-order valence-electron chi connectivity index (χ2n) is 16.9. The number of fused-ring (bicyclic) bond motifs is 2. The molecule has 62 heavy (non-hydrogen) atoms. The number of imidazole rings is 2. The van der Waals surface area contributed by atoms with Gasteiger partial charge in [0.05, 0.1) is 24.0 Å². The van der Waals surface area contributed by atoms with Gasteiger partial charge in [-0.15, -0.1) is 0 Å². The normalized spacial score (nSPS) is 16.0. The van der Waals surface area contributed by atoms with E-state index in [2.05, 4.69) is 153 Å². The van der Waals surface area contributed by atoms with Crippen LogP contribution < -0.4 is 0 Å². The van der Waals surface area contributed by atoms with Gasteiger partial charge in [0.2, 0.25) is 0 Å². The van der Waals surface area contributed by atoms with Crippen LogP contribution in [0.5, 0.6) is 0 Å². The van der Waals surface area contributed by atoms with Crippen LogP contribution in [0.25, 0.3) is 35.7 Å². The highest BCUT2D eigenvalue weighted by Gasteiger charge is 2.26. The maximum atomic E-state index is 4.89. The van der Waals surface area contributed by atoms with Gasteiger partial charge in [-0.25, -0.2) is 29.3 Å². The first-order valence-electron chi connectivity index (χ1n) is 21.8. The number of hydrogen-bond acceptors (Lipinski definition) is 6. The van der Waals surface area contributed by atoms with Crippen molar-refractivity contribution in [2.24, 2.45) is 0 Å². The van der Waals surface area contributed by atoms with E-state index in [0.717, 1.165) is 96.0 Å². The zero-order valence-electron chi connectivity index (χ0n) is 36.6. The summed E-state index contributed by atoms with van der Waals surface area (Å²) in [4.78, 5) is 18.4. The van der Waals surface area contributed by atoms with E-state index >= 15 is 0 Å². The molecule has 0 saturated carbocycles. The lowest BCUT2D eigenvalue weighted by Gasteiger charge is -2.22. The quantitative estimate of drug-likeness (QED) is 0.151. The van der Waals surface area contributed by atoms with Gasteiger partial charge in [-0.05, 0) is 137 Å². The molecule has 4 aromatic carbocycles. The Morgan fingerprint density at radius 2 is 0.919 bits per heavy atom. The minimum Gasteiger partial charge on any atom is -0.306 e. The van der Waals surface area contributed by atoms with E-state index in [1.165, 1.54) is 33.4 Å². The summed E-state index contributed by atoms with van der Waals surface area (Å²) in [5.74, 6) is 4.36. The Morgan fingerprint density at radius 3 is 1.29 bits per heavy atom. The highest BCUT2D eigenvalue weighted by Crippen LogP contribution is 2.34. The molecule has 312 valence electrons. The molecule has 10 rings (SSSR count). The summed E-state index contributed by atoms with van der Waals surface area (Å²) in [5.41, 5.74) is 14.2. The fourth-order valence-corrected chi connectivity index (χ4v) is 8.70. The fraction of sp³-hybridized carbons (Fsp3) is 0.269. The highest BCUT2D eigenvalue weighted by atomic mass is 15.4. The molecule has 8 aromatic rings. The summed E-state index contributed by atoms with van der Waals surface area (Å²) in [7, 11) is 0. The average molecular weight is 819 g/mol. The summed E-state index contributed by atoms with van der Waals surface area (Å²) < 4.78 is 8.30. The summed E-state index contributed by atoms with van der Waals surface area (Å²) in [6.07, 6.45) is 20.5. The molecule has 0 amide bonds. The van der Waals surface area contributed by atoms with E-state index in [4.69, 9.17) is 20.2 Å². The summed E-state index contributed by atoms with van der Waals surface area (Å²) in [6, 6.07) is 30.5. The molecule has 0 radical (unpaired) electrons. The summed E-state index contributed by atoms with van der Waals surface area (Å²) in [6.45, 7) is 14.4. The molecule has 0 spiro atoms. The molecule has 0 fully saturated rings. The number of rotatable bonds is 8. The van der Waals surface area contributed by atoms with E-state index in [-0.39, 0.29) is 0 Å². The second kappa shape index (κ2) is 17.6. The van der Waals surface area contributed by atoms with Crippen LogP contribution in [0.2, 0.25) is 0 Å². The van der Waals surface area contributed by atoms with Crippen molar-refractivity contribution >= 4 is 24.3 Å². The molecular weight excluding hydrogens is 765 g/mol. The lowest BCUT2D eigenvalue weighted by Crippen LogP contribution is -2.17. The van der Waals surface area contributed by atoms with Crippen LogP contribution in [0, 0.1) is 41.5 Å². The fourth-order valence-electron chi connectivity index (χ4n) is 8.70. The molecule has 6 heterocycles. The summed E-state index contributed by atoms with van der Waals surface area (Å²) in [5, 5.41) is 9.51. The van der Waals surface area contributed by atoms with E-state index in [0.29, 0.717) is 11.8 Å². The van der Waals surface area contributed by atoms with Crippen molar-refractivity contribution in [3.8, 4) is 11.4 Å². The van der Waals surface area contributed by atoms with Gasteiger partial charge >= 0.3 is 0 Å². The Morgan fingerprint density at radius 1 is 0.500 bits per heavy atom. The minimum atomic E-state index is 0.323. The van der Waals surface area contributed by atoms with Gasteiger partial charge in [0, 0.05) is 48.7 Å². The molecule has 4 aromatic heterocycles. The molecular formula is C52H54N10. The van der Waals surface area contributed by atoms with E-state index in [1.807, 2.05) is 51.0 Å². The maximum absolute atomic E-state index is 4.89. The van der Waals surface area contributed by atoms with Crippen molar-refractivity contribution in [2.75, 3.05) is 0 Å². The molecule has 10 heteroatoms.